The molecule has 110 valence electrons. The topological polar surface area (TPSA) is 95.1 Å². The Kier molecular flexibility index (Phi) is 4.59. The van der Waals surface area contributed by atoms with Crippen molar-refractivity contribution < 1.29 is 14.7 Å². The van der Waals surface area contributed by atoms with Crippen molar-refractivity contribution >= 4 is 29.3 Å². The number of H-pyrrole nitrogens is 1. The lowest BCUT2D eigenvalue weighted by Crippen LogP contribution is -2.12. The maximum Gasteiger partial charge on any atom is 0.353 e. The van der Waals surface area contributed by atoms with Crippen LogP contribution < -0.4 is 5.32 Å². The van der Waals surface area contributed by atoms with Gasteiger partial charge in [0.2, 0.25) is 5.91 Å². The van der Waals surface area contributed by atoms with Crippen LogP contribution in [-0.2, 0) is 11.2 Å². The van der Waals surface area contributed by atoms with E-state index in [1.807, 2.05) is 25.1 Å². The minimum Gasteiger partial charge on any atom is -0.477 e. The van der Waals surface area contributed by atoms with Gasteiger partial charge in [-0.2, -0.15) is 5.10 Å². The number of rotatable bonds is 5. The SMILES string of the molecule is Cc1ccc(CCC(=O)Nc2cc(C(=O)O)[nH]n2)cc1Cl. The highest BCUT2D eigenvalue weighted by Gasteiger charge is 2.10. The number of hydrogen-bond acceptors (Lipinski definition) is 3. The Bertz CT molecular complexity index is 682. The number of halogens is 1. The van der Waals surface area contributed by atoms with E-state index >= 15 is 0 Å². The Hall–Kier alpha value is -2.34. The molecule has 0 aliphatic rings. The lowest BCUT2D eigenvalue weighted by molar-refractivity contribution is -0.116. The molecule has 0 aliphatic carbocycles. The summed E-state index contributed by atoms with van der Waals surface area (Å²) in [6.07, 6.45) is 0.802. The molecule has 1 amide bonds. The predicted molar refractivity (Wildman–Crippen MR) is 78.7 cm³/mol. The first-order chi connectivity index (χ1) is 9.95. The maximum absolute atomic E-state index is 11.8. The molecule has 0 atom stereocenters. The van der Waals surface area contributed by atoms with Crippen molar-refractivity contribution in [2.75, 3.05) is 5.32 Å². The molecule has 0 fully saturated rings. The van der Waals surface area contributed by atoms with Gasteiger partial charge < -0.3 is 10.4 Å². The van der Waals surface area contributed by atoms with Crippen molar-refractivity contribution in [3.63, 3.8) is 0 Å². The summed E-state index contributed by atoms with van der Waals surface area (Å²) in [4.78, 5) is 22.4. The molecule has 0 radical (unpaired) electrons. The van der Waals surface area contributed by atoms with Crippen molar-refractivity contribution in [1.29, 1.82) is 0 Å². The van der Waals surface area contributed by atoms with Crippen molar-refractivity contribution in [3.8, 4) is 0 Å². The number of aromatic nitrogens is 2. The molecule has 3 N–H and O–H groups in total. The highest BCUT2D eigenvalue weighted by Crippen LogP contribution is 2.17. The normalized spacial score (nSPS) is 10.4. The van der Waals surface area contributed by atoms with Crippen LogP contribution in [0.4, 0.5) is 5.82 Å². The van der Waals surface area contributed by atoms with E-state index in [1.54, 1.807) is 0 Å². The van der Waals surface area contributed by atoms with E-state index in [0.29, 0.717) is 11.4 Å². The Labute approximate surface area is 126 Å². The van der Waals surface area contributed by atoms with Crippen LogP contribution in [0.5, 0.6) is 0 Å². The first-order valence-corrected chi connectivity index (χ1v) is 6.67. The second-order valence-electron chi connectivity index (χ2n) is 4.60. The summed E-state index contributed by atoms with van der Waals surface area (Å²) >= 11 is 6.02. The van der Waals surface area contributed by atoms with Crippen molar-refractivity contribution in [2.24, 2.45) is 0 Å². The minimum absolute atomic E-state index is 0.0735. The van der Waals surface area contributed by atoms with Crippen LogP contribution in [0.2, 0.25) is 5.02 Å². The van der Waals surface area contributed by atoms with Crippen LogP contribution in [-0.4, -0.2) is 27.2 Å². The second-order valence-corrected chi connectivity index (χ2v) is 5.01. The smallest absolute Gasteiger partial charge is 0.353 e. The van der Waals surface area contributed by atoms with E-state index < -0.39 is 5.97 Å². The number of aryl methyl sites for hydroxylation is 2. The summed E-state index contributed by atoms with van der Waals surface area (Å²) in [5, 5.41) is 18.0. The largest absolute Gasteiger partial charge is 0.477 e. The molecular formula is C14H14ClN3O3. The predicted octanol–water partition coefficient (Wildman–Crippen LogP) is 2.64. The van der Waals surface area contributed by atoms with E-state index in [-0.39, 0.29) is 23.8 Å². The van der Waals surface area contributed by atoms with Crippen molar-refractivity contribution in [1.82, 2.24) is 10.2 Å². The summed E-state index contributed by atoms with van der Waals surface area (Å²) in [5.74, 6) is -1.17. The lowest BCUT2D eigenvalue weighted by atomic mass is 10.1. The lowest BCUT2D eigenvalue weighted by Gasteiger charge is -2.04. The molecule has 21 heavy (non-hydrogen) atoms. The van der Waals surface area contributed by atoms with Gasteiger partial charge in [0.1, 0.15) is 5.69 Å². The number of carbonyl (C=O) groups is 2. The molecule has 0 unspecified atom stereocenters. The number of carboxylic acid groups (broad SMARTS) is 1. The summed E-state index contributed by atoms with van der Waals surface area (Å²) in [5.41, 5.74) is 1.88. The molecule has 0 spiro atoms. The van der Waals surface area contributed by atoms with Gasteiger partial charge in [0.05, 0.1) is 0 Å². The zero-order valence-electron chi connectivity index (χ0n) is 11.3. The van der Waals surface area contributed by atoms with Gasteiger partial charge >= 0.3 is 5.97 Å². The number of aromatic carboxylic acids is 1. The fourth-order valence-corrected chi connectivity index (χ4v) is 1.95. The van der Waals surface area contributed by atoms with E-state index in [1.165, 1.54) is 6.07 Å². The third kappa shape index (κ3) is 4.06. The number of benzene rings is 1. The fraction of sp³-hybridized carbons (Fsp3) is 0.214. The molecule has 2 aromatic rings. The molecule has 2 rings (SSSR count). The number of anilines is 1. The molecule has 0 saturated heterocycles. The Morgan fingerprint density at radius 3 is 2.76 bits per heavy atom. The third-order valence-corrected chi connectivity index (χ3v) is 3.36. The second kappa shape index (κ2) is 6.41. The highest BCUT2D eigenvalue weighted by molar-refractivity contribution is 6.31. The van der Waals surface area contributed by atoms with Crippen molar-refractivity contribution in [3.05, 3.63) is 46.1 Å². The molecule has 0 aliphatic heterocycles. The Morgan fingerprint density at radius 1 is 1.38 bits per heavy atom. The third-order valence-electron chi connectivity index (χ3n) is 2.95. The average Bonchev–Trinajstić information content (AvgIpc) is 2.89. The van der Waals surface area contributed by atoms with E-state index in [9.17, 15) is 9.59 Å². The molecule has 1 aromatic heterocycles. The van der Waals surface area contributed by atoms with E-state index in [4.69, 9.17) is 16.7 Å². The van der Waals surface area contributed by atoms with Crippen LogP contribution in [0, 0.1) is 6.92 Å². The van der Waals surface area contributed by atoms with E-state index in [2.05, 4.69) is 15.5 Å². The van der Waals surface area contributed by atoms with Crippen LogP contribution in [0.1, 0.15) is 28.0 Å². The van der Waals surface area contributed by atoms with Gasteiger partial charge in [-0.15, -0.1) is 0 Å². The van der Waals surface area contributed by atoms with Gasteiger partial charge in [-0.05, 0) is 30.5 Å². The number of carbonyl (C=O) groups excluding carboxylic acids is 1. The quantitative estimate of drug-likeness (QED) is 0.791. The summed E-state index contributed by atoms with van der Waals surface area (Å²) in [7, 11) is 0. The zero-order valence-corrected chi connectivity index (χ0v) is 12.1. The molecule has 7 heteroatoms. The standard InChI is InChI=1S/C14H14ClN3O3/c1-8-2-3-9(6-10(8)15)4-5-13(19)16-12-7-11(14(20)21)17-18-12/h2-3,6-7H,4-5H2,1H3,(H,20,21)(H2,16,17,18,19). The van der Waals surface area contributed by atoms with Gasteiger partial charge in [-0.3, -0.25) is 9.89 Å². The summed E-state index contributed by atoms with van der Waals surface area (Å²) in [6.45, 7) is 1.91. The number of nitrogens with one attached hydrogen (secondary N) is 2. The molecule has 1 aromatic carbocycles. The molecule has 1 heterocycles. The fourth-order valence-electron chi connectivity index (χ4n) is 1.75. The summed E-state index contributed by atoms with van der Waals surface area (Å²) < 4.78 is 0. The van der Waals surface area contributed by atoms with Gasteiger partial charge in [0.25, 0.3) is 0 Å². The number of amides is 1. The van der Waals surface area contributed by atoms with Crippen LogP contribution in [0.3, 0.4) is 0 Å². The Morgan fingerprint density at radius 2 is 2.14 bits per heavy atom. The Balaban J connectivity index is 1.89. The number of carboxylic acids is 1. The van der Waals surface area contributed by atoms with Gasteiger partial charge in [0, 0.05) is 17.5 Å². The number of nitrogens with zero attached hydrogens (tertiary/aromatic N) is 1. The zero-order chi connectivity index (χ0) is 15.4. The van der Waals surface area contributed by atoms with Crippen molar-refractivity contribution in [2.45, 2.75) is 19.8 Å². The average molecular weight is 308 g/mol. The number of hydrogen-bond donors (Lipinski definition) is 3. The van der Waals surface area contributed by atoms with Gasteiger partial charge in [-0.1, -0.05) is 23.7 Å². The van der Waals surface area contributed by atoms with Crippen LogP contribution in [0.25, 0.3) is 0 Å². The first-order valence-electron chi connectivity index (χ1n) is 6.29. The highest BCUT2D eigenvalue weighted by atomic mass is 35.5. The van der Waals surface area contributed by atoms with Gasteiger partial charge in [-0.25, -0.2) is 4.79 Å². The first kappa shape index (κ1) is 15.1. The number of aromatic amines is 1. The maximum atomic E-state index is 11.8. The van der Waals surface area contributed by atoms with Gasteiger partial charge in [0.15, 0.2) is 5.82 Å². The van der Waals surface area contributed by atoms with Crippen LogP contribution >= 0.6 is 11.6 Å². The monoisotopic (exact) mass is 307 g/mol. The van der Waals surface area contributed by atoms with Crippen LogP contribution in [0.15, 0.2) is 24.3 Å². The molecule has 0 bridgehead atoms. The van der Waals surface area contributed by atoms with E-state index in [0.717, 1.165) is 11.1 Å². The molecule has 6 nitrogen and oxygen atoms in total. The molecular weight excluding hydrogens is 294 g/mol. The molecule has 0 saturated carbocycles. The minimum atomic E-state index is -1.13. The summed E-state index contributed by atoms with van der Waals surface area (Å²) in [6, 6.07) is 6.93.